The lowest BCUT2D eigenvalue weighted by molar-refractivity contribution is -0.0684. The number of halogens is 1. The van der Waals surface area contributed by atoms with Crippen molar-refractivity contribution < 1.29 is 9.47 Å². The Hall–Kier alpha value is 0.560. The quantitative estimate of drug-likeness (QED) is 0.412. The van der Waals surface area contributed by atoms with Gasteiger partial charge in [-0.15, -0.1) is 12.6 Å². The van der Waals surface area contributed by atoms with Crippen LogP contribution in [0.3, 0.4) is 0 Å². The second kappa shape index (κ2) is 2.43. The number of ether oxygens (including phenoxy) is 2. The summed E-state index contributed by atoms with van der Waals surface area (Å²) in [4.78, 5) is 0. The number of rotatable bonds is 0. The Kier molecular flexibility index (Phi) is 2.03. The van der Waals surface area contributed by atoms with Crippen molar-refractivity contribution in [2.75, 3.05) is 19.8 Å². The first-order valence-corrected chi connectivity index (χ1v) is 3.16. The fourth-order valence-electron chi connectivity index (χ4n) is 0.497. The second-order valence-corrected chi connectivity index (χ2v) is 3.19. The molecule has 0 amide bonds. The Bertz CT molecular complexity index is 78.1. The van der Waals surface area contributed by atoms with Crippen LogP contribution >= 0.6 is 24.2 Å². The van der Waals surface area contributed by atoms with E-state index in [1.165, 1.54) is 0 Å². The van der Waals surface area contributed by atoms with Gasteiger partial charge in [-0.2, -0.15) is 0 Å². The van der Waals surface area contributed by atoms with Gasteiger partial charge in [-0.25, -0.2) is 0 Å². The molecule has 0 saturated carbocycles. The number of hydrogen-bond donors (Lipinski definition) is 1. The standard InChI is InChI=1S/C4H7ClO2S/c5-4(8)3-6-1-2-7-4/h8H,1-3H2. The number of alkyl halides is 1. The highest BCUT2D eigenvalue weighted by Gasteiger charge is 2.26. The van der Waals surface area contributed by atoms with Gasteiger partial charge in [0.1, 0.15) is 0 Å². The van der Waals surface area contributed by atoms with Gasteiger partial charge >= 0.3 is 0 Å². The molecule has 1 unspecified atom stereocenters. The first kappa shape index (κ1) is 6.68. The van der Waals surface area contributed by atoms with E-state index in [-0.39, 0.29) is 0 Å². The van der Waals surface area contributed by atoms with Gasteiger partial charge in [0.2, 0.25) is 4.39 Å². The van der Waals surface area contributed by atoms with E-state index >= 15 is 0 Å². The van der Waals surface area contributed by atoms with E-state index in [0.29, 0.717) is 19.8 Å². The number of thiol groups is 1. The largest absolute Gasteiger partial charge is 0.374 e. The van der Waals surface area contributed by atoms with Gasteiger partial charge in [-0.05, 0) is 0 Å². The molecular formula is C4H7ClO2S. The van der Waals surface area contributed by atoms with E-state index in [9.17, 15) is 0 Å². The van der Waals surface area contributed by atoms with Crippen LogP contribution in [-0.4, -0.2) is 24.2 Å². The zero-order valence-corrected chi connectivity index (χ0v) is 5.91. The highest BCUT2D eigenvalue weighted by atomic mass is 35.5. The van der Waals surface area contributed by atoms with E-state index < -0.39 is 4.39 Å². The maximum absolute atomic E-state index is 5.59. The fourth-order valence-corrected chi connectivity index (χ4v) is 0.834. The minimum absolute atomic E-state index is 0.359. The van der Waals surface area contributed by atoms with Gasteiger partial charge in [0.05, 0.1) is 19.8 Å². The molecule has 48 valence electrons. The summed E-state index contributed by atoms with van der Waals surface area (Å²) in [5.41, 5.74) is 0. The van der Waals surface area contributed by atoms with Crippen LogP contribution in [0, 0.1) is 0 Å². The smallest absolute Gasteiger partial charge is 0.209 e. The molecule has 1 heterocycles. The molecule has 0 aromatic heterocycles. The molecule has 8 heavy (non-hydrogen) atoms. The molecule has 0 aromatic carbocycles. The highest BCUT2D eigenvalue weighted by Crippen LogP contribution is 2.24. The summed E-state index contributed by atoms with van der Waals surface area (Å²) in [6, 6.07) is 0. The molecule has 4 heteroatoms. The van der Waals surface area contributed by atoms with Crippen molar-refractivity contribution in [3.63, 3.8) is 0 Å². The van der Waals surface area contributed by atoms with Gasteiger partial charge in [-0.1, -0.05) is 11.6 Å². The first-order chi connectivity index (χ1) is 3.71. The van der Waals surface area contributed by atoms with Crippen LogP contribution in [0.5, 0.6) is 0 Å². The summed E-state index contributed by atoms with van der Waals surface area (Å²) in [5.74, 6) is 0. The van der Waals surface area contributed by atoms with Crippen molar-refractivity contribution in [3.05, 3.63) is 0 Å². The van der Waals surface area contributed by atoms with Crippen LogP contribution in [0.25, 0.3) is 0 Å². The monoisotopic (exact) mass is 154 g/mol. The van der Waals surface area contributed by atoms with Crippen LogP contribution in [0.4, 0.5) is 0 Å². The van der Waals surface area contributed by atoms with Crippen LogP contribution in [0.1, 0.15) is 0 Å². The molecule has 1 atom stereocenters. The minimum Gasteiger partial charge on any atom is -0.374 e. The Balaban J connectivity index is 2.33. The topological polar surface area (TPSA) is 18.5 Å². The molecule has 2 nitrogen and oxygen atoms in total. The summed E-state index contributed by atoms with van der Waals surface area (Å²) in [6.45, 7) is 1.51. The van der Waals surface area contributed by atoms with Crippen molar-refractivity contribution in [1.29, 1.82) is 0 Å². The van der Waals surface area contributed by atoms with Gasteiger partial charge in [0.25, 0.3) is 0 Å². The van der Waals surface area contributed by atoms with Crippen LogP contribution < -0.4 is 0 Å². The molecule has 1 saturated heterocycles. The van der Waals surface area contributed by atoms with Crippen molar-refractivity contribution in [2.24, 2.45) is 0 Å². The average molecular weight is 155 g/mol. The van der Waals surface area contributed by atoms with Crippen LogP contribution in [-0.2, 0) is 9.47 Å². The van der Waals surface area contributed by atoms with Crippen LogP contribution in [0.15, 0.2) is 0 Å². The van der Waals surface area contributed by atoms with Crippen molar-refractivity contribution in [3.8, 4) is 0 Å². The summed E-state index contributed by atoms with van der Waals surface area (Å²) < 4.78 is 9.04. The van der Waals surface area contributed by atoms with Gasteiger partial charge in [0, 0.05) is 0 Å². The minimum atomic E-state index is -0.877. The van der Waals surface area contributed by atoms with Gasteiger partial charge < -0.3 is 9.47 Å². The molecular weight excluding hydrogens is 148 g/mol. The summed E-state index contributed by atoms with van der Waals surface area (Å²) >= 11 is 9.53. The Morgan fingerprint density at radius 3 is 2.50 bits per heavy atom. The highest BCUT2D eigenvalue weighted by molar-refractivity contribution is 7.83. The van der Waals surface area contributed by atoms with E-state index in [0.717, 1.165) is 0 Å². The third-order valence-electron chi connectivity index (χ3n) is 0.831. The molecule has 1 rings (SSSR count). The number of hydrogen-bond acceptors (Lipinski definition) is 3. The zero-order chi connectivity index (χ0) is 6.04. The molecule has 0 spiro atoms. The van der Waals surface area contributed by atoms with E-state index in [2.05, 4.69) is 12.6 Å². The predicted octanol–water partition coefficient (Wildman–Crippen LogP) is 0.856. The van der Waals surface area contributed by atoms with E-state index in [1.807, 2.05) is 0 Å². The van der Waals surface area contributed by atoms with E-state index in [1.54, 1.807) is 0 Å². The average Bonchev–Trinajstić information content (AvgIpc) is 1.65. The molecule has 0 radical (unpaired) electrons. The Morgan fingerprint density at radius 2 is 2.25 bits per heavy atom. The lowest BCUT2D eigenvalue weighted by atomic mass is 10.6. The molecule has 1 fully saturated rings. The summed E-state index contributed by atoms with van der Waals surface area (Å²) in [7, 11) is 0. The van der Waals surface area contributed by atoms with Gasteiger partial charge in [-0.3, -0.25) is 0 Å². The fraction of sp³-hybridized carbons (Fsp3) is 1.00. The predicted molar refractivity (Wildman–Crippen MR) is 34.3 cm³/mol. The molecule has 1 aliphatic heterocycles. The SMILES string of the molecule is SC1(Cl)COCCO1. The summed E-state index contributed by atoms with van der Waals surface area (Å²) in [5, 5.41) is 0. The Labute approximate surface area is 58.5 Å². The molecule has 0 N–H and O–H groups in total. The third-order valence-corrected chi connectivity index (χ3v) is 1.31. The van der Waals surface area contributed by atoms with Crippen molar-refractivity contribution in [2.45, 2.75) is 4.39 Å². The molecule has 1 aliphatic rings. The summed E-state index contributed by atoms with van der Waals surface area (Å²) in [6.07, 6.45) is 0. The Morgan fingerprint density at radius 1 is 1.50 bits per heavy atom. The van der Waals surface area contributed by atoms with Crippen molar-refractivity contribution >= 4 is 24.2 Å². The lowest BCUT2D eigenvalue weighted by Gasteiger charge is -2.25. The van der Waals surface area contributed by atoms with Crippen molar-refractivity contribution in [1.82, 2.24) is 0 Å². The maximum atomic E-state index is 5.59. The molecule has 0 aromatic rings. The zero-order valence-electron chi connectivity index (χ0n) is 4.26. The third kappa shape index (κ3) is 1.82. The molecule has 0 aliphatic carbocycles. The normalized spacial score (nSPS) is 39.8. The van der Waals surface area contributed by atoms with E-state index in [4.69, 9.17) is 21.1 Å². The van der Waals surface area contributed by atoms with Gasteiger partial charge in [0.15, 0.2) is 0 Å². The molecule has 0 bridgehead atoms. The van der Waals surface area contributed by atoms with Crippen LogP contribution in [0.2, 0.25) is 0 Å². The first-order valence-electron chi connectivity index (χ1n) is 2.34. The second-order valence-electron chi connectivity index (χ2n) is 1.59. The maximum Gasteiger partial charge on any atom is 0.209 e. The lowest BCUT2D eigenvalue weighted by Crippen LogP contribution is -2.32.